The molecule has 3 N–H and O–H groups in total. The number of carboxylic acids is 1. The fourth-order valence-corrected chi connectivity index (χ4v) is 5.31. The number of aliphatic carboxylic acids is 1. The van der Waals surface area contributed by atoms with Crippen molar-refractivity contribution in [1.82, 2.24) is 5.32 Å². The normalized spacial score (nSPS) is 14.1. The van der Waals surface area contributed by atoms with Gasteiger partial charge in [0, 0.05) is 25.7 Å². The molecule has 8 nitrogen and oxygen atoms in total. The Labute approximate surface area is 279 Å². The van der Waals surface area contributed by atoms with Crippen molar-refractivity contribution in [3.8, 4) is 5.75 Å². The highest BCUT2D eigenvalue weighted by atomic mass is 19.3. The number of ketones is 2. The van der Waals surface area contributed by atoms with E-state index in [1.165, 1.54) is 18.9 Å². The zero-order chi connectivity index (χ0) is 35.1. The fourth-order valence-electron chi connectivity index (χ4n) is 5.31. The largest absolute Gasteiger partial charge is 0.494 e. The SMILES string of the molecule is CCCCCCCC(=O)CCCCCC/C=C/[C@H](C(=O)N[C@@H](Cc1ccc(OCCCC)cc1)C(=O)CC)[C@@](O)(CC(F)F)C(=O)O. The van der Waals surface area contributed by atoms with Crippen molar-refractivity contribution >= 4 is 23.4 Å². The Balaban J connectivity index is 2.87. The molecule has 0 radical (unpaired) electrons. The maximum atomic E-state index is 13.5. The molecule has 0 saturated heterocycles. The first-order valence-electron chi connectivity index (χ1n) is 17.4. The molecule has 0 bridgehead atoms. The third-order valence-corrected chi connectivity index (χ3v) is 8.28. The number of unbranched alkanes of at least 4 members (excludes halogenated alkanes) is 9. The molecule has 1 rings (SSSR count). The Hall–Kier alpha value is -3.14. The van der Waals surface area contributed by atoms with E-state index in [0.717, 1.165) is 57.4 Å². The van der Waals surface area contributed by atoms with Crippen molar-refractivity contribution in [3.05, 3.63) is 42.0 Å². The van der Waals surface area contributed by atoms with Crippen LogP contribution >= 0.6 is 0 Å². The van der Waals surface area contributed by atoms with Crippen molar-refractivity contribution in [2.24, 2.45) is 5.92 Å². The number of halogens is 2. The summed E-state index contributed by atoms with van der Waals surface area (Å²) in [4.78, 5) is 50.4. The standard InChI is InChI=1S/C37H57F2NO7/c1-4-7-9-12-15-18-29(41)19-16-13-10-11-14-17-20-31(37(46,36(44)45)27-34(38)39)35(43)40-32(33(42)6-3)26-28-21-23-30(24-22-28)47-25-8-5-2/h17,20-24,31-32,34,46H,4-16,18-19,25-27H2,1-3H3,(H,40,43)(H,44,45)/b20-17+/t31-,32+,37+/m1/s1. The highest BCUT2D eigenvalue weighted by Crippen LogP contribution is 2.28. The van der Waals surface area contributed by atoms with Crippen LogP contribution in [0, 0.1) is 5.92 Å². The summed E-state index contributed by atoms with van der Waals surface area (Å²) in [5.41, 5.74) is -2.37. The van der Waals surface area contributed by atoms with Crippen LogP contribution in [0.15, 0.2) is 36.4 Å². The number of amides is 1. The van der Waals surface area contributed by atoms with Gasteiger partial charge in [-0.25, -0.2) is 13.6 Å². The van der Waals surface area contributed by atoms with Gasteiger partial charge in [0.1, 0.15) is 11.5 Å². The average molecular weight is 666 g/mol. The number of hydrogen-bond acceptors (Lipinski definition) is 6. The van der Waals surface area contributed by atoms with Gasteiger partial charge in [0.15, 0.2) is 11.4 Å². The number of carbonyl (C=O) groups is 4. The third kappa shape index (κ3) is 17.0. The molecule has 0 spiro atoms. The Bertz CT molecular complexity index is 1090. The monoisotopic (exact) mass is 665 g/mol. The Morgan fingerprint density at radius 3 is 2.02 bits per heavy atom. The molecule has 1 aromatic rings. The number of allylic oxidation sites excluding steroid dienone is 1. The Morgan fingerprint density at radius 1 is 0.872 bits per heavy atom. The summed E-state index contributed by atoms with van der Waals surface area (Å²) in [5, 5.41) is 23.2. The number of carboxylic acid groups (broad SMARTS) is 1. The van der Waals surface area contributed by atoms with Gasteiger partial charge < -0.3 is 20.3 Å². The first-order chi connectivity index (χ1) is 22.5. The van der Waals surface area contributed by atoms with Gasteiger partial charge in [-0.1, -0.05) is 90.0 Å². The fraction of sp³-hybridized carbons (Fsp3) is 0.676. The van der Waals surface area contributed by atoms with Crippen molar-refractivity contribution in [2.75, 3.05) is 6.61 Å². The minimum atomic E-state index is -3.19. The van der Waals surface area contributed by atoms with Crippen LogP contribution in [0.1, 0.15) is 129 Å². The predicted octanol–water partition coefficient (Wildman–Crippen LogP) is 7.79. The number of nitrogens with one attached hydrogen (secondary N) is 1. The highest BCUT2D eigenvalue weighted by molar-refractivity contribution is 5.94. The minimum Gasteiger partial charge on any atom is -0.494 e. The first-order valence-corrected chi connectivity index (χ1v) is 17.4. The molecule has 0 heterocycles. The molecule has 0 unspecified atom stereocenters. The van der Waals surface area contributed by atoms with Gasteiger partial charge in [0.25, 0.3) is 0 Å². The smallest absolute Gasteiger partial charge is 0.337 e. The summed E-state index contributed by atoms with van der Waals surface area (Å²) in [5.74, 6) is -4.22. The van der Waals surface area contributed by atoms with Gasteiger partial charge in [-0.3, -0.25) is 14.4 Å². The summed E-state index contributed by atoms with van der Waals surface area (Å²) >= 11 is 0. The average Bonchev–Trinajstić information content (AvgIpc) is 3.03. The number of benzene rings is 1. The van der Waals surface area contributed by atoms with Gasteiger partial charge in [0.2, 0.25) is 12.3 Å². The molecule has 1 aromatic carbocycles. The lowest BCUT2D eigenvalue weighted by atomic mass is 9.82. The van der Waals surface area contributed by atoms with E-state index in [1.807, 2.05) is 0 Å². The van der Waals surface area contributed by atoms with Crippen LogP contribution in [0.3, 0.4) is 0 Å². The van der Waals surface area contributed by atoms with Gasteiger partial charge >= 0.3 is 5.97 Å². The molecule has 0 aromatic heterocycles. The minimum absolute atomic E-state index is 0.0778. The number of aliphatic hydroxyl groups is 1. The highest BCUT2D eigenvalue weighted by Gasteiger charge is 2.49. The molecule has 1 amide bonds. The number of Topliss-reactive ketones (excluding diaryl/α,β-unsaturated/α-hetero) is 2. The quantitative estimate of drug-likeness (QED) is 0.0616. The van der Waals surface area contributed by atoms with Crippen LogP contribution in [-0.4, -0.2) is 58.3 Å². The first kappa shape index (κ1) is 41.9. The summed E-state index contributed by atoms with van der Waals surface area (Å²) in [6.45, 7) is 6.41. The molecule has 0 aliphatic heterocycles. The molecule has 0 fully saturated rings. The maximum absolute atomic E-state index is 13.5. The number of alkyl halides is 2. The van der Waals surface area contributed by atoms with E-state index < -0.39 is 42.3 Å². The van der Waals surface area contributed by atoms with Crippen LogP contribution < -0.4 is 10.1 Å². The number of ether oxygens (including phenoxy) is 1. The molecule has 10 heteroatoms. The lowest BCUT2D eigenvalue weighted by Crippen LogP contribution is -2.55. The predicted molar refractivity (Wildman–Crippen MR) is 180 cm³/mol. The van der Waals surface area contributed by atoms with E-state index in [2.05, 4.69) is 19.2 Å². The van der Waals surface area contributed by atoms with Crippen molar-refractivity contribution in [2.45, 2.75) is 148 Å². The Morgan fingerprint density at radius 2 is 1.47 bits per heavy atom. The van der Waals surface area contributed by atoms with E-state index in [0.29, 0.717) is 43.6 Å². The topological polar surface area (TPSA) is 130 Å². The van der Waals surface area contributed by atoms with Crippen LogP contribution in [-0.2, 0) is 25.6 Å². The molecule has 0 aliphatic rings. The maximum Gasteiger partial charge on any atom is 0.337 e. The second-order valence-corrected chi connectivity index (χ2v) is 12.3. The molecule has 47 heavy (non-hydrogen) atoms. The van der Waals surface area contributed by atoms with Crippen LogP contribution in [0.25, 0.3) is 0 Å². The summed E-state index contributed by atoms with van der Waals surface area (Å²) in [7, 11) is 0. The summed E-state index contributed by atoms with van der Waals surface area (Å²) in [6.07, 6.45) is 10.3. The number of carbonyl (C=O) groups excluding carboxylic acids is 3. The molecule has 266 valence electrons. The van der Waals surface area contributed by atoms with E-state index in [1.54, 1.807) is 31.2 Å². The van der Waals surface area contributed by atoms with Gasteiger partial charge in [-0.05, 0) is 56.2 Å². The van der Waals surface area contributed by atoms with Crippen molar-refractivity contribution < 1.29 is 42.9 Å². The molecule has 0 saturated carbocycles. The number of rotatable bonds is 28. The Kier molecular flexibility index (Phi) is 21.4. The zero-order valence-electron chi connectivity index (χ0n) is 28.6. The van der Waals surface area contributed by atoms with Gasteiger partial charge in [0.05, 0.1) is 18.6 Å². The van der Waals surface area contributed by atoms with Gasteiger partial charge in [-0.15, -0.1) is 0 Å². The van der Waals surface area contributed by atoms with E-state index in [9.17, 15) is 38.2 Å². The van der Waals surface area contributed by atoms with E-state index in [-0.39, 0.29) is 24.4 Å². The van der Waals surface area contributed by atoms with Crippen LogP contribution in [0.2, 0.25) is 0 Å². The van der Waals surface area contributed by atoms with Gasteiger partial charge in [-0.2, -0.15) is 0 Å². The van der Waals surface area contributed by atoms with E-state index in [4.69, 9.17) is 4.74 Å². The third-order valence-electron chi connectivity index (χ3n) is 8.28. The second kappa shape index (κ2) is 24.1. The summed E-state index contributed by atoms with van der Waals surface area (Å²) < 4.78 is 32.6. The van der Waals surface area contributed by atoms with Crippen LogP contribution in [0.5, 0.6) is 5.75 Å². The lowest BCUT2D eigenvalue weighted by Gasteiger charge is -2.31. The van der Waals surface area contributed by atoms with E-state index >= 15 is 0 Å². The van der Waals surface area contributed by atoms with Crippen LogP contribution in [0.4, 0.5) is 8.78 Å². The summed E-state index contributed by atoms with van der Waals surface area (Å²) in [6, 6.07) is 5.97. The number of hydrogen-bond donors (Lipinski definition) is 3. The molecule has 3 atom stereocenters. The second-order valence-electron chi connectivity index (χ2n) is 12.3. The molecular weight excluding hydrogens is 608 g/mol. The molecule has 0 aliphatic carbocycles. The lowest BCUT2D eigenvalue weighted by molar-refractivity contribution is -0.171. The van der Waals surface area contributed by atoms with Crippen molar-refractivity contribution in [3.63, 3.8) is 0 Å². The zero-order valence-corrected chi connectivity index (χ0v) is 28.6. The van der Waals surface area contributed by atoms with Crippen molar-refractivity contribution in [1.29, 1.82) is 0 Å². The molecular formula is C37H57F2NO7.